The number of ether oxygens (including phenoxy) is 1. The van der Waals surface area contributed by atoms with E-state index >= 15 is 0 Å². The minimum atomic E-state index is -0.608. The SMILES string of the molecule is COC(=O)c1c(SCC(=O)N[C@@H](c2ccccc2)C(C)C)nc(=O)[nH]c1C. The Morgan fingerprint density at radius 3 is 2.52 bits per heavy atom. The van der Waals surface area contributed by atoms with Crippen LogP contribution in [0.3, 0.4) is 0 Å². The molecule has 27 heavy (non-hydrogen) atoms. The lowest BCUT2D eigenvalue weighted by Crippen LogP contribution is -2.33. The van der Waals surface area contributed by atoms with E-state index in [4.69, 9.17) is 4.74 Å². The van der Waals surface area contributed by atoms with Crippen molar-refractivity contribution >= 4 is 23.6 Å². The monoisotopic (exact) mass is 389 g/mol. The van der Waals surface area contributed by atoms with Crippen molar-refractivity contribution in [2.45, 2.75) is 31.8 Å². The van der Waals surface area contributed by atoms with Gasteiger partial charge in [-0.3, -0.25) is 4.79 Å². The Bertz CT molecular complexity index is 865. The lowest BCUT2D eigenvalue weighted by atomic mass is 9.96. The van der Waals surface area contributed by atoms with Gasteiger partial charge in [0.05, 0.1) is 18.9 Å². The molecule has 2 aromatic rings. The Hall–Kier alpha value is -2.61. The third kappa shape index (κ3) is 5.43. The quantitative estimate of drug-likeness (QED) is 0.429. The van der Waals surface area contributed by atoms with Crippen LogP contribution in [-0.4, -0.2) is 34.7 Å². The minimum absolute atomic E-state index is 0.0238. The average molecular weight is 389 g/mol. The summed E-state index contributed by atoms with van der Waals surface area (Å²) in [6, 6.07) is 9.58. The molecular formula is C19H23N3O4S. The number of rotatable bonds is 7. The molecule has 0 radical (unpaired) electrons. The molecule has 0 fully saturated rings. The van der Waals surface area contributed by atoms with E-state index in [1.54, 1.807) is 6.92 Å². The molecule has 0 aliphatic rings. The number of carbonyl (C=O) groups is 2. The number of amides is 1. The average Bonchev–Trinajstić information content (AvgIpc) is 2.63. The van der Waals surface area contributed by atoms with Crippen LogP contribution in [0.25, 0.3) is 0 Å². The molecule has 8 heteroatoms. The Balaban J connectivity index is 2.13. The van der Waals surface area contributed by atoms with Gasteiger partial charge in [-0.15, -0.1) is 0 Å². The van der Waals surface area contributed by atoms with Gasteiger partial charge in [0.15, 0.2) is 0 Å². The molecule has 1 atom stereocenters. The first kappa shape index (κ1) is 20.7. The number of esters is 1. The molecule has 2 rings (SSSR count). The van der Waals surface area contributed by atoms with Gasteiger partial charge in [-0.25, -0.2) is 9.59 Å². The third-order valence-corrected chi connectivity index (χ3v) is 4.93. The summed E-state index contributed by atoms with van der Waals surface area (Å²) in [4.78, 5) is 42.4. The Kier molecular flexibility index (Phi) is 7.18. The van der Waals surface area contributed by atoms with Crippen LogP contribution in [0.15, 0.2) is 40.2 Å². The van der Waals surface area contributed by atoms with E-state index in [0.29, 0.717) is 5.69 Å². The molecule has 0 saturated heterocycles. The molecule has 0 unspecified atom stereocenters. The van der Waals surface area contributed by atoms with Crippen molar-refractivity contribution in [1.29, 1.82) is 0 Å². The standard InChI is InChI=1S/C19H23N3O4S/c1-11(2)16(13-8-6-5-7-9-13)21-14(23)10-27-17-15(18(24)26-4)12(3)20-19(25)22-17/h5-9,11,16H,10H2,1-4H3,(H,21,23)(H,20,22,25)/t16-/m1/s1. The predicted octanol–water partition coefficient (Wildman–Crippen LogP) is 2.47. The van der Waals surface area contributed by atoms with Crippen LogP contribution in [-0.2, 0) is 9.53 Å². The lowest BCUT2D eigenvalue weighted by Gasteiger charge is -2.23. The van der Waals surface area contributed by atoms with E-state index in [1.165, 1.54) is 7.11 Å². The maximum atomic E-state index is 12.5. The van der Waals surface area contributed by atoms with Gasteiger partial charge in [0.25, 0.3) is 0 Å². The number of aromatic amines is 1. The van der Waals surface area contributed by atoms with Crippen LogP contribution in [0.4, 0.5) is 0 Å². The highest BCUT2D eigenvalue weighted by Gasteiger charge is 2.21. The number of thioether (sulfide) groups is 1. The maximum Gasteiger partial charge on any atom is 0.346 e. The number of aryl methyl sites for hydroxylation is 1. The fourth-order valence-corrected chi connectivity index (χ4v) is 3.53. The highest BCUT2D eigenvalue weighted by molar-refractivity contribution is 8.00. The summed E-state index contributed by atoms with van der Waals surface area (Å²) in [5.41, 5.74) is 0.964. The Morgan fingerprint density at radius 2 is 1.93 bits per heavy atom. The fraction of sp³-hybridized carbons (Fsp3) is 0.368. The summed E-state index contributed by atoms with van der Waals surface area (Å²) in [7, 11) is 1.25. The molecule has 144 valence electrons. The molecule has 0 spiro atoms. The Morgan fingerprint density at radius 1 is 1.26 bits per heavy atom. The number of nitrogens with one attached hydrogen (secondary N) is 2. The van der Waals surface area contributed by atoms with Crippen molar-refractivity contribution < 1.29 is 14.3 Å². The third-order valence-electron chi connectivity index (χ3n) is 3.96. The van der Waals surface area contributed by atoms with E-state index in [1.807, 2.05) is 44.2 Å². The molecule has 0 bridgehead atoms. The topological polar surface area (TPSA) is 101 Å². The molecule has 0 aliphatic heterocycles. The molecular weight excluding hydrogens is 366 g/mol. The number of methoxy groups -OCH3 is 1. The van der Waals surface area contributed by atoms with Gasteiger partial charge in [-0.05, 0) is 18.4 Å². The molecule has 2 N–H and O–H groups in total. The highest BCUT2D eigenvalue weighted by atomic mass is 32.2. The number of aromatic nitrogens is 2. The van der Waals surface area contributed by atoms with Crippen LogP contribution in [0.5, 0.6) is 0 Å². The van der Waals surface area contributed by atoms with E-state index in [2.05, 4.69) is 15.3 Å². The number of benzene rings is 1. The zero-order valence-electron chi connectivity index (χ0n) is 15.7. The lowest BCUT2D eigenvalue weighted by molar-refractivity contribution is -0.119. The van der Waals surface area contributed by atoms with Gasteiger partial charge < -0.3 is 15.0 Å². The molecule has 0 saturated carbocycles. The van der Waals surface area contributed by atoms with Gasteiger partial charge in [0, 0.05) is 5.69 Å². The second kappa shape index (κ2) is 9.36. The zero-order valence-corrected chi connectivity index (χ0v) is 16.6. The van der Waals surface area contributed by atoms with E-state index in [0.717, 1.165) is 17.3 Å². The minimum Gasteiger partial charge on any atom is -0.465 e. The van der Waals surface area contributed by atoms with E-state index in [-0.39, 0.29) is 34.2 Å². The molecule has 1 amide bonds. The number of hydrogen-bond acceptors (Lipinski definition) is 6. The maximum absolute atomic E-state index is 12.5. The van der Waals surface area contributed by atoms with Crippen LogP contribution >= 0.6 is 11.8 Å². The summed E-state index contributed by atoms with van der Waals surface area (Å²) in [6.07, 6.45) is 0. The Labute approximate surface area is 161 Å². The molecule has 1 aromatic heterocycles. The van der Waals surface area contributed by atoms with Crippen LogP contribution in [0.1, 0.15) is 41.5 Å². The second-order valence-corrected chi connectivity index (χ2v) is 7.29. The molecule has 0 aliphatic carbocycles. The van der Waals surface area contributed by atoms with Gasteiger partial charge in [0.2, 0.25) is 5.91 Å². The van der Waals surface area contributed by atoms with Crippen LogP contribution in [0, 0.1) is 12.8 Å². The molecule has 1 heterocycles. The van der Waals surface area contributed by atoms with E-state index in [9.17, 15) is 14.4 Å². The number of carbonyl (C=O) groups excluding carboxylic acids is 2. The smallest absolute Gasteiger partial charge is 0.346 e. The molecule has 1 aromatic carbocycles. The van der Waals surface area contributed by atoms with Crippen molar-refractivity contribution in [1.82, 2.24) is 15.3 Å². The van der Waals surface area contributed by atoms with Crippen molar-refractivity contribution in [3.63, 3.8) is 0 Å². The molecule has 7 nitrogen and oxygen atoms in total. The fourth-order valence-electron chi connectivity index (χ4n) is 2.65. The first-order valence-electron chi connectivity index (χ1n) is 8.49. The van der Waals surface area contributed by atoms with Gasteiger partial charge in [-0.2, -0.15) is 4.98 Å². The summed E-state index contributed by atoms with van der Waals surface area (Å²) in [6.45, 7) is 5.65. The first-order chi connectivity index (χ1) is 12.8. The van der Waals surface area contributed by atoms with E-state index < -0.39 is 11.7 Å². The van der Waals surface area contributed by atoms with Crippen molar-refractivity contribution in [3.8, 4) is 0 Å². The number of nitrogens with zero attached hydrogens (tertiary/aromatic N) is 1. The highest BCUT2D eigenvalue weighted by Crippen LogP contribution is 2.24. The summed E-state index contributed by atoms with van der Waals surface area (Å²) >= 11 is 1.03. The van der Waals surface area contributed by atoms with Crippen molar-refractivity contribution in [3.05, 3.63) is 57.6 Å². The predicted molar refractivity (Wildman–Crippen MR) is 104 cm³/mol. The van der Waals surface area contributed by atoms with Crippen molar-refractivity contribution in [2.24, 2.45) is 5.92 Å². The summed E-state index contributed by atoms with van der Waals surface area (Å²) in [5.74, 6) is -0.593. The van der Waals surface area contributed by atoms with Gasteiger partial charge in [0.1, 0.15) is 10.6 Å². The number of hydrogen-bond donors (Lipinski definition) is 2. The van der Waals surface area contributed by atoms with Gasteiger partial charge >= 0.3 is 11.7 Å². The summed E-state index contributed by atoms with van der Waals surface area (Å²) in [5, 5.41) is 3.18. The zero-order chi connectivity index (χ0) is 20.0. The summed E-state index contributed by atoms with van der Waals surface area (Å²) < 4.78 is 4.74. The normalized spacial score (nSPS) is 11.9. The van der Waals surface area contributed by atoms with Gasteiger partial charge in [-0.1, -0.05) is 55.9 Å². The second-order valence-electron chi connectivity index (χ2n) is 6.33. The largest absolute Gasteiger partial charge is 0.465 e. The van der Waals surface area contributed by atoms with Crippen LogP contribution in [0.2, 0.25) is 0 Å². The number of H-pyrrole nitrogens is 1. The van der Waals surface area contributed by atoms with Crippen LogP contribution < -0.4 is 11.0 Å². The van der Waals surface area contributed by atoms with Crippen molar-refractivity contribution in [2.75, 3.05) is 12.9 Å². The first-order valence-corrected chi connectivity index (χ1v) is 9.48.